The van der Waals surface area contributed by atoms with Crippen LogP contribution in [-0.2, 0) is 17.6 Å². The molecule has 4 rings (SSSR count). The van der Waals surface area contributed by atoms with Gasteiger partial charge in [0.15, 0.2) is 0 Å². The van der Waals surface area contributed by atoms with Crippen molar-refractivity contribution in [2.45, 2.75) is 104 Å². The van der Waals surface area contributed by atoms with E-state index in [-0.39, 0.29) is 24.0 Å². The van der Waals surface area contributed by atoms with E-state index < -0.39 is 40.4 Å². The number of carbonyl (C=O) groups excluding carboxylic acids is 3. The molecule has 0 aliphatic carbocycles. The molecule has 2 aliphatic heterocycles. The van der Waals surface area contributed by atoms with Gasteiger partial charge in [-0.1, -0.05) is 12.1 Å². The fourth-order valence-corrected chi connectivity index (χ4v) is 5.92. The quantitative estimate of drug-likeness (QED) is 0.154. The number of halogens is 2. The SMILES string of the molecule is CC(C)(N)CNC(=O)Nc1ccc(CC2CCN(C(=O)OC(C)(C)C)CC2)cc1F.CC(C)(N)CNC(=O)Nc1ccc(CC2CCNCC2)cc1F. The maximum atomic E-state index is 14.4. The minimum Gasteiger partial charge on any atom is -0.444 e. The first kappa shape index (κ1) is 43.4. The number of rotatable bonds is 10. The van der Waals surface area contributed by atoms with Gasteiger partial charge in [0.1, 0.15) is 17.2 Å². The molecule has 2 aliphatic rings. The fraction of sp³-hybridized carbons (Fsp3) is 0.615. The molecule has 53 heavy (non-hydrogen) atoms. The van der Waals surface area contributed by atoms with Crippen LogP contribution in [0.5, 0.6) is 0 Å². The lowest BCUT2D eigenvalue weighted by atomic mass is 9.90. The van der Waals surface area contributed by atoms with E-state index in [1.807, 2.05) is 46.8 Å². The van der Waals surface area contributed by atoms with Crippen molar-refractivity contribution in [3.8, 4) is 0 Å². The summed E-state index contributed by atoms with van der Waals surface area (Å²) in [5.41, 5.74) is 12.2. The fourth-order valence-electron chi connectivity index (χ4n) is 5.92. The van der Waals surface area contributed by atoms with Crippen LogP contribution in [0.2, 0.25) is 0 Å². The summed E-state index contributed by atoms with van der Waals surface area (Å²) in [5.74, 6) is 0.0981. The Bertz CT molecular complexity index is 1510. The predicted molar refractivity (Wildman–Crippen MR) is 207 cm³/mol. The molecule has 2 heterocycles. The highest BCUT2D eigenvalue weighted by atomic mass is 19.1. The number of benzene rings is 2. The number of hydrogen-bond acceptors (Lipinski definition) is 7. The molecule has 2 saturated heterocycles. The van der Waals surface area contributed by atoms with Crippen molar-refractivity contribution in [3.05, 3.63) is 59.2 Å². The van der Waals surface area contributed by atoms with E-state index in [1.165, 1.54) is 12.1 Å². The maximum absolute atomic E-state index is 14.4. The first-order valence-corrected chi connectivity index (χ1v) is 18.6. The van der Waals surface area contributed by atoms with Crippen LogP contribution >= 0.6 is 0 Å². The van der Waals surface area contributed by atoms with E-state index in [1.54, 1.807) is 30.9 Å². The summed E-state index contributed by atoms with van der Waals surface area (Å²) in [6.07, 6.45) is 5.27. The molecule has 2 aromatic carbocycles. The molecule has 5 amide bonds. The molecule has 0 unspecified atom stereocenters. The van der Waals surface area contributed by atoms with Crippen molar-refractivity contribution in [1.29, 1.82) is 0 Å². The van der Waals surface area contributed by atoms with Crippen molar-refractivity contribution in [2.75, 3.05) is 49.9 Å². The van der Waals surface area contributed by atoms with Gasteiger partial charge in [0.25, 0.3) is 0 Å². The third-order valence-electron chi connectivity index (χ3n) is 8.75. The van der Waals surface area contributed by atoms with Crippen molar-refractivity contribution in [1.82, 2.24) is 20.9 Å². The van der Waals surface area contributed by atoms with E-state index in [4.69, 9.17) is 16.2 Å². The molecule has 0 atom stereocenters. The number of nitrogens with one attached hydrogen (secondary N) is 5. The Morgan fingerprint density at radius 3 is 1.53 bits per heavy atom. The van der Waals surface area contributed by atoms with Crippen molar-refractivity contribution in [2.24, 2.45) is 23.3 Å². The number of nitrogens with zero attached hydrogens (tertiary/aromatic N) is 1. The third kappa shape index (κ3) is 17.1. The number of ether oxygens (including phenoxy) is 1. The lowest BCUT2D eigenvalue weighted by Gasteiger charge is -2.33. The molecule has 0 radical (unpaired) electrons. The van der Waals surface area contributed by atoms with Crippen LogP contribution in [0.15, 0.2) is 36.4 Å². The standard InChI is InChI=1S/C22H35FN4O3.C17H27FN4O/c1-21(2,3)30-20(29)27-10-8-15(9-11-27)12-16-6-7-18(17(23)13-16)26-19(28)25-14-22(4,5)24;1-17(2,19)11-21-16(23)22-15-4-3-13(10-14(15)18)9-12-5-7-20-8-6-12/h6-7,13,15H,8-12,14,24H2,1-5H3,(H2,25,26,28);3-4,10,12,20H,5-9,11,19H2,1-2H3,(H2,21,22,23). The monoisotopic (exact) mass is 744 g/mol. The number of anilines is 2. The second-order valence-corrected chi connectivity index (χ2v) is 16.7. The average Bonchev–Trinajstić information content (AvgIpc) is 3.05. The Labute approximate surface area is 313 Å². The maximum Gasteiger partial charge on any atom is 0.410 e. The van der Waals surface area contributed by atoms with Gasteiger partial charge in [-0.3, -0.25) is 0 Å². The van der Waals surface area contributed by atoms with Crippen molar-refractivity contribution >= 4 is 29.5 Å². The van der Waals surface area contributed by atoms with Gasteiger partial charge in [-0.25, -0.2) is 23.2 Å². The Hall–Kier alpha value is -4.01. The molecule has 2 fully saturated rings. The van der Waals surface area contributed by atoms with E-state index in [2.05, 4.69) is 26.6 Å². The van der Waals surface area contributed by atoms with E-state index in [9.17, 15) is 23.2 Å². The summed E-state index contributed by atoms with van der Waals surface area (Å²) in [7, 11) is 0. The van der Waals surface area contributed by atoms with Crippen LogP contribution in [0.3, 0.4) is 0 Å². The van der Waals surface area contributed by atoms with E-state index >= 15 is 0 Å². The van der Waals surface area contributed by atoms with Gasteiger partial charge in [0.2, 0.25) is 0 Å². The van der Waals surface area contributed by atoms with Crippen LogP contribution in [0.1, 0.15) is 85.3 Å². The number of carbonyl (C=O) groups is 3. The predicted octanol–water partition coefficient (Wildman–Crippen LogP) is 6.10. The Morgan fingerprint density at radius 2 is 1.15 bits per heavy atom. The molecular weight excluding hydrogens is 682 g/mol. The average molecular weight is 745 g/mol. The lowest BCUT2D eigenvalue weighted by Crippen LogP contribution is -2.46. The van der Waals surface area contributed by atoms with Crippen LogP contribution in [0, 0.1) is 23.5 Å². The lowest BCUT2D eigenvalue weighted by molar-refractivity contribution is 0.0184. The molecular formula is C39H62F2N8O4. The van der Waals surface area contributed by atoms with Gasteiger partial charge in [-0.15, -0.1) is 0 Å². The number of hydrogen-bond donors (Lipinski definition) is 7. The highest BCUT2D eigenvalue weighted by Crippen LogP contribution is 2.26. The van der Waals surface area contributed by atoms with Gasteiger partial charge in [0.05, 0.1) is 11.4 Å². The number of piperidine rings is 2. The van der Waals surface area contributed by atoms with E-state index in [0.29, 0.717) is 31.5 Å². The number of likely N-dealkylation sites (tertiary alicyclic amines) is 1. The van der Waals surface area contributed by atoms with Crippen LogP contribution in [-0.4, -0.2) is 79.0 Å². The molecule has 296 valence electrons. The second-order valence-electron chi connectivity index (χ2n) is 16.7. The topological polar surface area (TPSA) is 176 Å². The summed E-state index contributed by atoms with van der Waals surface area (Å²) >= 11 is 0. The molecule has 9 N–H and O–H groups in total. The zero-order chi connectivity index (χ0) is 39.4. The van der Waals surface area contributed by atoms with Crippen molar-refractivity contribution in [3.63, 3.8) is 0 Å². The Kier molecular flexibility index (Phi) is 15.8. The third-order valence-corrected chi connectivity index (χ3v) is 8.75. The summed E-state index contributed by atoms with van der Waals surface area (Å²) in [5, 5.41) is 13.6. The largest absolute Gasteiger partial charge is 0.444 e. The van der Waals surface area contributed by atoms with Gasteiger partial charge in [0, 0.05) is 37.3 Å². The van der Waals surface area contributed by atoms with Gasteiger partial charge < -0.3 is 47.7 Å². The normalized spacial score (nSPS) is 15.9. The summed E-state index contributed by atoms with van der Waals surface area (Å²) in [6, 6.07) is 8.95. The molecule has 14 heteroatoms. The smallest absolute Gasteiger partial charge is 0.410 e. The Morgan fingerprint density at radius 1 is 0.736 bits per heavy atom. The van der Waals surface area contributed by atoms with Crippen molar-refractivity contribution < 1.29 is 27.9 Å². The first-order chi connectivity index (χ1) is 24.7. The molecule has 12 nitrogen and oxygen atoms in total. The van der Waals surface area contributed by atoms with E-state index in [0.717, 1.165) is 62.7 Å². The molecule has 0 spiro atoms. The molecule has 0 saturated carbocycles. The highest BCUT2D eigenvalue weighted by molar-refractivity contribution is 5.90. The summed E-state index contributed by atoms with van der Waals surface area (Å²) in [6.45, 7) is 16.7. The summed E-state index contributed by atoms with van der Waals surface area (Å²) < 4.78 is 34.0. The zero-order valence-electron chi connectivity index (χ0n) is 32.6. The molecule has 0 bridgehead atoms. The summed E-state index contributed by atoms with van der Waals surface area (Å²) in [4.78, 5) is 37.6. The minimum absolute atomic E-state index is 0.130. The number of urea groups is 2. The van der Waals surface area contributed by atoms with Gasteiger partial charge >= 0.3 is 18.2 Å². The highest BCUT2D eigenvalue weighted by Gasteiger charge is 2.27. The number of nitrogens with two attached hydrogens (primary N) is 2. The first-order valence-electron chi connectivity index (χ1n) is 18.6. The van der Waals surface area contributed by atoms with Crippen LogP contribution in [0.25, 0.3) is 0 Å². The second kappa shape index (κ2) is 19.4. The van der Waals surface area contributed by atoms with Gasteiger partial charge in [-0.05, 0) is 147 Å². The molecule has 2 aromatic rings. The molecule has 0 aromatic heterocycles. The zero-order valence-corrected chi connectivity index (χ0v) is 32.6. The minimum atomic E-state index is -0.543. The van der Waals surface area contributed by atoms with Crippen LogP contribution < -0.4 is 38.1 Å². The van der Waals surface area contributed by atoms with Gasteiger partial charge in [-0.2, -0.15) is 0 Å². The number of amides is 5. The Balaban J connectivity index is 0.000000295. The van der Waals surface area contributed by atoms with Crippen LogP contribution in [0.4, 0.5) is 34.5 Å².